The first-order valence-corrected chi connectivity index (χ1v) is 8.35. The van der Waals surface area contributed by atoms with Gasteiger partial charge in [0, 0.05) is 5.69 Å². The third-order valence-corrected chi connectivity index (χ3v) is 4.22. The number of aromatic nitrogens is 1. The Bertz CT molecular complexity index is 923. The molecule has 26 heavy (non-hydrogen) atoms. The number of nitrogens with zero attached hydrogens (tertiary/aromatic N) is 1. The summed E-state index contributed by atoms with van der Waals surface area (Å²) in [5.41, 5.74) is 4.59. The molecule has 3 rings (SSSR count). The van der Waals surface area contributed by atoms with Gasteiger partial charge in [-0.25, -0.2) is 9.37 Å². The first-order valence-electron chi connectivity index (χ1n) is 8.35. The number of rotatable bonds is 5. The molecule has 5 heteroatoms. The number of pyridine rings is 1. The maximum Gasteiger partial charge on any atom is 0.230 e. The van der Waals surface area contributed by atoms with E-state index >= 15 is 0 Å². The van der Waals surface area contributed by atoms with Gasteiger partial charge in [0.1, 0.15) is 11.6 Å². The van der Waals surface area contributed by atoms with Crippen molar-refractivity contribution in [3.63, 3.8) is 0 Å². The molecule has 0 unspecified atom stereocenters. The Hall–Kier alpha value is -3.21. The van der Waals surface area contributed by atoms with Gasteiger partial charge >= 0.3 is 0 Å². The Morgan fingerprint density at radius 3 is 2.58 bits per heavy atom. The molecule has 0 aliphatic rings. The van der Waals surface area contributed by atoms with Crippen molar-refractivity contribution in [1.82, 2.24) is 4.98 Å². The summed E-state index contributed by atoms with van der Waals surface area (Å²) in [6.07, 6.45) is 1.62. The van der Waals surface area contributed by atoms with Crippen molar-refractivity contribution in [3.05, 3.63) is 83.3 Å². The molecule has 0 bridgehead atoms. The van der Waals surface area contributed by atoms with Gasteiger partial charge in [-0.15, -0.1) is 0 Å². The average Bonchev–Trinajstić information content (AvgIpc) is 2.62. The molecule has 3 aromatic rings. The van der Waals surface area contributed by atoms with Crippen LogP contribution < -0.4 is 10.6 Å². The Labute approximate surface area is 152 Å². The fraction of sp³-hybridized carbons (Fsp3) is 0.143. The van der Waals surface area contributed by atoms with E-state index in [-0.39, 0.29) is 18.1 Å². The standard InChI is InChI=1S/C21H20FN3O/c1-14-6-5-9-19(15(14)2)24-17-10-11-20(23-13-17)25-21(26)12-16-7-3-4-8-18(16)22/h3-11,13,24H,12H2,1-2H3,(H,23,25,26). The molecule has 0 atom stereocenters. The topological polar surface area (TPSA) is 54.0 Å². The van der Waals surface area contributed by atoms with Crippen LogP contribution >= 0.6 is 0 Å². The number of hydrogen-bond acceptors (Lipinski definition) is 3. The largest absolute Gasteiger partial charge is 0.354 e. The minimum atomic E-state index is -0.385. The van der Waals surface area contributed by atoms with Crippen LogP contribution in [0.3, 0.4) is 0 Å². The second kappa shape index (κ2) is 7.78. The summed E-state index contributed by atoms with van der Waals surface area (Å²) < 4.78 is 13.6. The highest BCUT2D eigenvalue weighted by atomic mass is 19.1. The maximum absolute atomic E-state index is 13.6. The quantitative estimate of drug-likeness (QED) is 0.698. The predicted octanol–water partition coefficient (Wildman–Crippen LogP) is 4.76. The van der Waals surface area contributed by atoms with E-state index in [1.54, 1.807) is 30.5 Å². The zero-order valence-corrected chi connectivity index (χ0v) is 14.7. The molecule has 0 fully saturated rings. The maximum atomic E-state index is 13.6. The highest BCUT2D eigenvalue weighted by Gasteiger charge is 2.09. The summed E-state index contributed by atoms with van der Waals surface area (Å²) in [6, 6.07) is 15.9. The Morgan fingerprint density at radius 1 is 1.04 bits per heavy atom. The summed E-state index contributed by atoms with van der Waals surface area (Å²) in [6.45, 7) is 4.12. The molecule has 0 aliphatic heterocycles. The van der Waals surface area contributed by atoms with Crippen LogP contribution in [0.2, 0.25) is 0 Å². The first-order chi connectivity index (χ1) is 12.5. The molecule has 2 aromatic carbocycles. The van der Waals surface area contributed by atoms with Crippen LogP contribution in [0.25, 0.3) is 0 Å². The molecule has 4 nitrogen and oxygen atoms in total. The number of anilines is 3. The lowest BCUT2D eigenvalue weighted by atomic mass is 10.1. The van der Waals surface area contributed by atoms with Crippen molar-refractivity contribution in [2.75, 3.05) is 10.6 Å². The second-order valence-electron chi connectivity index (χ2n) is 6.12. The lowest BCUT2D eigenvalue weighted by Crippen LogP contribution is -2.16. The summed E-state index contributed by atoms with van der Waals surface area (Å²) in [7, 11) is 0. The summed E-state index contributed by atoms with van der Waals surface area (Å²) in [5.74, 6) is -0.264. The van der Waals surface area contributed by atoms with Crippen LogP contribution in [-0.4, -0.2) is 10.9 Å². The number of carbonyl (C=O) groups excluding carboxylic acids is 1. The van der Waals surface area contributed by atoms with E-state index in [2.05, 4.69) is 35.5 Å². The minimum Gasteiger partial charge on any atom is -0.354 e. The molecule has 0 spiro atoms. The van der Waals surface area contributed by atoms with Crippen molar-refractivity contribution < 1.29 is 9.18 Å². The fourth-order valence-electron chi connectivity index (χ4n) is 2.59. The van der Waals surface area contributed by atoms with Crippen molar-refractivity contribution in [2.24, 2.45) is 0 Å². The molecule has 2 N–H and O–H groups in total. The van der Waals surface area contributed by atoms with Crippen molar-refractivity contribution in [2.45, 2.75) is 20.3 Å². The second-order valence-corrected chi connectivity index (χ2v) is 6.12. The molecule has 132 valence electrons. The highest BCUT2D eigenvalue weighted by molar-refractivity contribution is 5.91. The lowest BCUT2D eigenvalue weighted by Gasteiger charge is -2.12. The summed E-state index contributed by atoms with van der Waals surface area (Å²) in [5, 5.41) is 6.00. The third-order valence-electron chi connectivity index (χ3n) is 4.22. The molecule has 0 radical (unpaired) electrons. The van der Waals surface area contributed by atoms with E-state index in [1.165, 1.54) is 17.2 Å². The zero-order valence-electron chi connectivity index (χ0n) is 14.7. The van der Waals surface area contributed by atoms with Gasteiger partial charge in [-0.3, -0.25) is 4.79 Å². The van der Waals surface area contributed by atoms with Crippen molar-refractivity contribution in [1.29, 1.82) is 0 Å². The monoisotopic (exact) mass is 349 g/mol. The highest BCUT2D eigenvalue weighted by Crippen LogP contribution is 2.23. The Balaban J connectivity index is 1.63. The Morgan fingerprint density at radius 2 is 1.85 bits per heavy atom. The summed E-state index contributed by atoms with van der Waals surface area (Å²) in [4.78, 5) is 16.3. The van der Waals surface area contributed by atoms with Gasteiger partial charge in [0.15, 0.2) is 0 Å². The molecule has 0 saturated carbocycles. The number of hydrogen-bond donors (Lipinski definition) is 2. The molecule has 1 aromatic heterocycles. The van der Waals surface area contributed by atoms with Gasteiger partial charge in [-0.1, -0.05) is 30.3 Å². The van der Waals surface area contributed by atoms with E-state index in [0.717, 1.165) is 11.4 Å². The van der Waals surface area contributed by atoms with Crippen LogP contribution in [0.4, 0.5) is 21.6 Å². The normalized spacial score (nSPS) is 10.4. The molecule has 0 aliphatic carbocycles. The average molecular weight is 349 g/mol. The number of nitrogens with one attached hydrogen (secondary N) is 2. The SMILES string of the molecule is Cc1cccc(Nc2ccc(NC(=O)Cc3ccccc3F)nc2)c1C. The van der Waals surface area contributed by atoms with Crippen LogP contribution in [0, 0.1) is 19.7 Å². The van der Waals surface area contributed by atoms with Crippen LogP contribution in [-0.2, 0) is 11.2 Å². The van der Waals surface area contributed by atoms with Crippen LogP contribution in [0.15, 0.2) is 60.8 Å². The zero-order chi connectivity index (χ0) is 18.5. The van der Waals surface area contributed by atoms with E-state index < -0.39 is 0 Å². The van der Waals surface area contributed by atoms with E-state index in [4.69, 9.17) is 0 Å². The number of aryl methyl sites for hydroxylation is 1. The van der Waals surface area contributed by atoms with Crippen molar-refractivity contribution >= 4 is 23.1 Å². The van der Waals surface area contributed by atoms with E-state index in [9.17, 15) is 9.18 Å². The smallest absolute Gasteiger partial charge is 0.230 e. The van der Waals surface area contributed by atoms with Crippen molar-refractivity contribution in [3.8, 4) is 0 Å². The van der Waals surface area contributed by atoms with Gasteiger partial charge in [0.2, 0.25) is 5.91 Å². The van der Waals surface area contributed by atoms with Gasteiger partial charge < -0.3 is 10.6 Å². The predicted molar refractivity (Wildman–Crippen MR) is 102 cm³/mol. The number of halogens is 1. The lowest BCUT2D eigenvalue weighted by molar-refractivity contribution is -0.115. The number of carbonyl (C=O) groups is 1. The van der Waals surface area contributed by atoms with Gasteiger partial charge in [-0.2, -0.15) is 0 Å². The molecule has 1 amide bonds. The van der Waals surface area contributed by atoms with Crippen LogP contribution in [0.1, 0.15) is 16.7 Å². The Kier molecular flexibility index (Phi) is 5.27. The van der Waals surface area contributed by atoms with Crippen LogP contribution in [0.5, 0.6) is 0 Å². The van der Waals surface area contributed by atoms with Gasteiger partial charge in [-0.05, 0) is 54.8 Å². The van der Waals surface area contributed by atoms with E-state index in [0.29, 0.717) is 11.4 Å². The first kappa shape index (κ1) is 17.6. The number of amides is 1. The van der Waals surface area contributed by atoms with Gasteiger partial charge in [0.05, 0.1) is 18.3 Å². The summed E-state index contributed by atoms with van der Waals surface area (Å²) >= 11 is 0. The molecule has 1 heterocycles. The molecular formula is C21H20FN3O. The minimum absolute atomic E-state index is 0.0309. The molecular weight excluding hydrogens is 329 g/mol. The number of benzene rings is 2. The fourth-order valence-corrected chi connectivity index (χ4v) is 2.59. The molecule has 0 saturated heterocycles. The van der Waals surface area contributed by atoms with E-state index in [1.807, 2.05) is 18.2 Å². The third kappa shape index (κ3) is 4.25. The van der Waals surface area contributed by atoms with Gasteiger partial charge in [0.25, 0.3) is 0 Å².